The minimum Gasteiger partial charge on any atom is -0.271 e. The molecular weight excluding hydrogens is 334 g/mol. The average Bonchev–Trinajstić information content (AvgIpc) is 2.90. The van der Waals surface area contributed by atoms with E-state index in [0.717, 1.165) is 23.0 Å². The van der Waals surface area contributed by atoms with Crippen molar-refractivity contribution in [3.63, 3.8) is 0 Å². The summed E-state index contributed by atoms with van der Waals surface area (Å²) in [4.78, 5) is 0. The maximum Gasteiger partial charge on any atom is 0.199 e. The Kier molecular flexibility index (Phi) is 5.21. The van der Waals surface area contributed by atoms with E-state index in [9.17, 15) is 0 Å². The summed E-state index contributed by atoms with van der Waals surface area (Å²) in [7, 11) is 0. The minimum atomic E-state index is 0.646. The second-order valence-electron chi connectivity index (χ2n) is 6.05. The van der Waals surface area contributed by atoms with Crippen molar-refractivity contribution < 1.29 is 0 Å². The number of rotatable bonds is 5. The Morgan fingerprint density at radius 2 is 1.71 bits per heavy atom. The van der Waals surface area contributed by atoms with Gasteiger partial charge in [-0.25, -0.2) is 0 Å². The second-order valence-corrected chi connectivity index (χ2v) is 7.42. The molecule has 24 heavy (non-hydrogen) atoms. The quantitative estimate of drug-likeness (QED) is 0.632. The van der Waals surface area contributed by atoms with Crippen LogP contribution < -0.4 is 0 Å². The molecule has 0 aliphatic heterocycles. The van der Waals surface area contributed by atoms with Gasteiger partial charge in [-0.2, -0.15) is 5.10 Å². The number of aromatic amines is 1. The molecule has 0 atom stereocenters. The predicted molar refractivity (Wildman–Crippen MR) is 104 cm³/mol. The lowest BCUT2D eigenvalue weighted by Crippen LogP contribution is -2.03. The van der Waals surface area contributed by atoms with Crippen LogP contribution in [0.4, 0.5) is 0 Å². The molecule has 0 amide bonds. The van der Waals surface area contributed by atoms with Gasteiger partial charge in [0.25, 0.3) is 0 Å². The van der Waals surface area contributed by atoms with Crippen LogP contribution in [0.3, 0.4) is 0 Å². The topological polar surface area (TPSA) is 33.6 Å². The van der Waals surface area contributed by atoms with Gasteiger partial charge in [-0.15, -0.1) is 11.8 Å². The van der Waals surface area contributed by atoms with Crippen molar-refractivity contribution in [2.45, 2.75) is 32.3 Å². The van der Waals surface area contributed by atoms with Crippen molar-refractivity contribution in [2.75, 3.05) is 0 Å². The fraction of sp³-hybridized carbons (Fsp3) is 0.263. The monoisotopic (exact) mass is 355 g/mol. The Bertz CT molecular complexity index is 892. The van der Waals surface area contributed by atoms with Crippen molar-refractivity contribution in [1.82, 2.24) is 14.8 Å². The summed E-state index contributed by atoms with van der Waals surface area (Å²) in [5.41, 5.74) is 6.18. The number of H-pyrrole nitrogens is 1. The highest BCUT2D eigenvalue weighted by Gasteiger charge is 2.10. The number of thioether (sulfide) groups is 1. The highest BCUT2D eigenvalue weighted by molar-refractivity contribution is 7.97. The van der Waals surface area contributed by atoms with E-state index < -0.39 is 0 Å². The number of hydrogen-bond donors (Lipinski definition) is 1. The third kappa shape index (κ3) is 3.79. The summed E-state index contributed by atoms with van der Waals surface area (Å²) >= 11 is 7.29. The average molecular weight is 356 g/mol. The number of aromatic nitrogens is 3. The Labute approximate surface area is 152 Å². The largest absolute Gasteiger partial charge is 0.271 e. The molecule has 0 saturated carbocycles. The van der Waals surface area contributed by atoms with E-state index in [4.69, 9.17) is 12.2 Å². The van der Waals surface area contributed by atoms with Crippen LogP contribution in [0.1, 0.15) is 28.1 Å². The number of benzene rings is 2. The van der Waals surface area contributed by atoms with Gasteiger partial charge in [0.15, 0.2) is 4.77 Å². The zero-order chi connectivity index (χ0) is 17.1. The molecule has 2 aromatic carbocycles. The van der Waals surface area contributed by atoms with Gasteiger partial charge in [-0.05, 0) is 50.2 Å². The molecule has 0 fully saturated rings. The summed E-state index contributed by atoms with van der Waals surface area (Å²) in [5.74, 6) is 2.74. The first-order chi connectivity index (χ1) is 11.5. The number of nitrogens with zero attached hydrogens (tertiary/aromatic N) is 2. The first kappa shape index (κ1) is 17.0. The fourth-order valence-electron chi connectivity index (χ4n) is 2.68. The van der Waals surface area contributed by atoms with E-state index in [1.807, 2.05) is 16.3 Å². The Hall–Kier alpha value is -1.85. The van der Waals surface area contributed by atoms with Crippen molar-refractivity contribution >= 4 is 24.0 Å². The normalized spacial score (nSPS) is 11.0. The van der Waals surface area contributed by atoms with Crippen molar-refractivity contribution in [2.24, 2.45) is 0 Å². The van der Waals surface area contributed by atoms with E-state index in [1.165, 1.54) is 22.3 Å². The Morgan fingerprint density at radius 3 is 2.42 bits per heavy atom. The van der Waals surface area contributed by atoms with Crippen LogP contribution in [0.2, 0.25) is 0 Å². The predicted octanol–water partition coefficient (Wildman–Crippen LogP) is 5.29. The first-order valence-electron chi connectivity index (χ1n) is 7.92. The lowest BCUT2D eigenvalue weighted by Gasteiger charge is -2.10. The number of hydrogen-bond acceptors (Lipinski definition) is 3. The van der Waals surface area contributed by atoms with E-state index in [0.29, 0.717) is 4.77 Å². The summed E-state index contributed by atoms with van der Waals surface area (Å²) in [6, 6.07) is 15.1. The van der Waals surface area contributed by atoms with Gasteiger partial charge in [-0.3, -0.25) is 9.67 Å². The molecule has 0 aliphatic carbocycles. The van der Waals surface area contributed by atoms with Crippen LogP contribution >= 0.6 is 24.0 Å². The third-order valence-corrected chi connectivity index (χ3v) is 5.23. The van der Waals surface area contributed by atoms with Gasteiger partial charge in [0, 0.05) is 5.75 Å². The molecule has 124 valence electrons. The molecule has 1 aromatic heterocycles. The molecule has 0 aliphatic rings. The fourth-order valence-corrected chi connectivity index (χ4v) is 3.83. The van der Waals surface area contributed by atoms with Crippen molar-refractivity contribution in [3.8, 4) is 5.69 Å². The van der Waals surface area contributed by atoms with Crippen LogP contribution in [0.25, 0.3) is 5.69 Å². The van der Waals surface area contributed by atoms with Gasteiger partial charge in [0.1, 0.15) is 5.82 Å². The van der Waals surface area contributed by atoms with Gasteiger partial charge in [-0.1, -0.05) is 47.5 Å². The first-order valence-corrected chi connectivity index (χ1v) is 9.48. The lowest BCUT2D eigenvalue weighted by molar-refractivity contribution is 0.939. The smallest absolute Gasteiger partial charge is 0.199 e. The van der Waals surface area contributed by atoms with Crippen LogP contribution in [-0.2, 0) is 11.5 Å². The standard InChI is InChI=1S/C19H21N3S2/c1-13-4-7-16(8-5-13)11-24-12-18-20-21-19(23)22(18)17-9-6-14(2)10-15(17)3/h4-10H,11-12H2,1-3H3,(H,21,23). The van der Waals surface area contributed by atoms with Crippen molar-refractivity contribution in [1.29, 1.82) is 0 Å². The molecule has 0 bridgehead atoms. The Morgan fingerprint density at radius 1 is 1.00 bits per heavy atom. The lowest BCUT2D eigenvalue weighted by atomic mass is 10.1. The molecular formula is C19H21N3S2. The van der Waals surface area contributed by atoms with E-state index in [-0.39, 0.29) is 0 Å². The zero-order valence-corrected chi connectivity index (χ0v) is 15.8. The minimum absolute atomic E-state index is 0.646. The van der Waals surface area contributed by atoms with E-state index >= 15 is 0 Å². The summed E-state index contributed by atoms with van der Waals surface area (Å²) in [6.45, 7) is 6.32. The molecule has 1 heterocycles. The second kappa shape index (κ2) is 7.36. The van der Waals surface area contributed by atoms with Crippen molar-refractivity contribution in [3.05, 3.63) is 75.3 Å². The Balaban J connectivity index is 1.77. The van der Waals surface area contributed by atoms with Crippen LogP contribution in [-0.4, -0.2) is 14.8 Å². The number of aryl methyl sites for hydroxylation is 3. The zero-order valence-electron chi connectivity index (χ0n) is 14.2. The highest BCUT2D eigenvalue weighted by Crippen LogP contribution is 2.22. The van der Waals surface area contributed by atoms with Crippen LogP contribution in [0.15, 0.2) is 42.5 Å². The SMILES string of the molecule is Cc1ccc(CSCc2n[nH]c(=S)n2-c2ccc(C)cc2C)cc1. The molecule has 0 radical (unpaired) electrons. The highest BCUT2D eigenvalue weighted by atomic mass is 32.2. The van der Waals surface area contributed by atoms with Gasteiger partial charge in [0.05, 0.1) is 11.4 Å². The molecule has 0 unspecified atom stereocenters. The van der Waals surface area contributed by atoms with Gasteiger partial charge in [0.2, 0.25) is 0 Å². The molecule has 3 nitrogen and oxygen atoms in total. The molecule has 3 rings (SSSR count). The van der Waals surface area contributed by atoms with Gasteiger partial charge >= 0.3 is 0 Å². The maximum atomic E-state index is 5.44. The molecule has 3 aromatic rings. The third-order valence-electron chi connectivity index (χ3n) is 3.96. The molecule has 5 heteroatoms. The summed E-state index contributed by atoms with van der Waals surface area (Å²) < 4.78 is 2.69. The van der Waals surface area contributed by atoms with Crippen LogP contribution in [0.5, 0.6) is 0 Å². The molecule has 1 N–H and O–H groups in total. The molecule has 0 saturated heterocycles. The van der Waals surface area contributed by atoms with Gasteiger partial charge < -0.3 is 0 Å². The summed E-state index contributed by atoms with van der Waals surface area (Å²) in [6.07, 6.45) is 0. The van der Waals surface area contributed by atoms with E-state index in [1.54, 1.807) is 0 Å². The van der Waals surface area contributed by atoms with Crippen LogP contribution in [0, 0.1) is 25.5 Å². The van der Waals surface area contributed by atoms with E-state index in [2.05, 4.69) is 73.4 Å². The number of nitrogens with one attached hydrogen (secondary N) is 1. The molecule has 0 spiro atoms. The maximum absolute atomic E-state index is 5.44. The summed E-state index contributed by atoms with van der Waals surface area (Å²) in [5, 5.41) is 7.36.